The molecule has 0 spiro atoms. The molecule has 146 valence electrons. The van der Waals surface area contributed by atoms with Gasteiger partial charge in [-0.1, -0.05) is 41.4 Å². The highest BCUT2D eigenvalue weighted by Crippen LogP contribution is 2.32. The van der Waals surface area contributed by atoms with Crippen LogP contribution in [-0.4, -0.2) is 48.9 Å². The average molecular weight is 418 g/mol. The van der Waals surface area contributed by atoms with E-state index in [9.17, 15) is 9.59 Å². The van der Waals surface area contributed by atoms with Crippen LogP contribution in [0.4, 0.5) is 11.4 Å². The van der Waals surface area contributed by atoms with Crippen LogP contribution >= 0.6 is 23.2 Å². The number of halogens is 2. The highest BCUT2D eigenvalue weighted by Gasteiger charge is 2.43. The summed E-state index contributed by atoms with van der Waals surface area (Å²) in [7, 11) is 0. The van der Waals surface area contributed by atoms with Gasteiger partial charge >= 0.3 is 0 Å². The van der Waals surface area contributed by atoms with E-state index in [4.69, 9.17) is 23.2 Å². The predicted octanol–water partition coefficient (Wildman–Crippen LogP) is 3.76. The number of nitrogens with zero attached hydrogens (tertiary/aromatic N) is 3. The van der Waals surface area contributed by atoms with E-state index in [-0.39, 0.29) is 18.2 Å². The number of benzene rings is 2. The van der Waals surface area contributed by atoms with Gasteiger partial charge in [0, 0.05) is 31.2 Å². The van der Waals surface area contributed by atoms with E-state index in [1.165, 1.54) is 4.90 Å². The molecule has 7 heteroatoms. The minimum absolute atomic E-state index is 0.165. The Morgan fingerprint density at radius 3 is 2.21 bits per heavy atom. The molecule has 0 N–H and O–H groups in total. The summed E-state index contributed by atoms with van der Waals surface area (Å²) in [4.78, 5) is 31.3. The van der Waals surface area contributed by atoms with Crippen LogP contribution in [0.5, 0.6) is 0 Å². The molecule has 2 aromatic rings. The predicted molar refractivity (Wildman–Crippen MR) is 112 cm³/mol. The second kappa shape index (κ2) is 7.74. The molecule has 0 aliphatic carbocycles. The summed E-state index contributed by atoms with van der Waals surface area (Å²) >= 11 is 12.5. The first kappa shape index (κ1) is 19.2. The minimum atomic E-state index is -0.417. The lowest BCUT2D eigenvalue weighted by atomic mass is 10.1. The first-order valence-corrected chi connectivity index (χ1v) is 10.1. The summed E-state index contributed by atoms with van der Waals surface area (Å²) in [6, 6.07) is 12.7. The van der Waals surface area contributed by atoms with Gasteiger partial charge in [-0.05, 0) is 36.8 Å². The number of amides is 2. The summed E-state index contributed by atoms with van der Waals surface area (Å²) < 4.78 is 0. The Morgan fingerprint density at radius 1 is 0.857 bits per heavy atom. The Morgan fingerprint density at radius 2 is 1.50 bits per heavy atom. The highest BCUT2D eigenvalue weighted by molar-refractivity contribution is 6.33. The molecule has 2 amide bonds. The number of anilines is 2. The van der Waals surface area contributed by atoms with E-state index >= 15 is 0 Å². The van der Waals surface area contributed by atoms with Crippen molar-refractivity contribution in [2.75, 3.05) is 36.0 Å². The Kier molecular flexibility index (Phi) is 5.32. The third kappa shape index (κ3) is 3.39. The standard InChI is InChI=1S/C21H21Cl2N3O2/c1-14-15(22)6-4-8-17(14)26-20(27)13-19(21(26)28)25-11-9-24(10-12-25)18-7-3-2-5-16(18)23/h2-8,19H,9-13H2,1H3/t19-/m0/s1. The van der Waals surface area contributed by atoms with Crippen molar-refractivity contribution >= 4 is 46.4 Å². The third-order valence-corrected chi connectivity index (χ3v) is 6.28. The van der Waals surface area contributed by atoms with Crippen molar-refractivity contribution in [2.45, 2.75) is 19.4 Å². The number of carbonyl (C=O) groups excluding carboxylic acids is 2. The molecule has 1 atom stereocenters. The fraction of sp³-hybridized carbons (Fsp3) is 0.333. The summed E-state index contributed by atoms with van der Waals surface area (Å²) in [6.45, 7) is 4.76. The van der Waals surface area contributed by atoms with Crippen molar-refractivity contribution in [3.63, 3.8) is 0 Å². The number of carbonyl (C=O) groups is 2. The van der Waals surface area contributed by atoms with Crippen molar-refractivity contribution in [1.29, 1.82) is 0 Å². The SMILES string of the molecule is Cc1c(Cl)cccc1N1C(=O)C[C@H](N2CCN(c3ccccc3Cl)CC2)C1=O. The monoisotopic (exact) mass is 417 g/mol. The van der Waals surface area contributed by atoms with E-state index in [0.29, 0.717) is 23.8 Å². The Labute approximate surface area is 174 Å². The number of rotatable bonds is 3. The van der Waals surface area contributed by atoms with Crippen LogP contribution in [0.2, 0.25) is 10.0 Å². The third-order valence-electron chi connectivity index (χ3n) is 5.55. The van der Waals surface area contributed by atoms with Gasteiger partial charge in [-0.15, -0.1) is 0 Å². The van der Waals surface area contributed by atoms with E-state index < -0.39 is 6.04 Å². The van der Waals surface area contributed by atoms with Crippen LogP contribution in [-0.2, 0) is 9.59 Å². The van der Waals surface area contributed by atoms with Crippen molar-refractivity contribution in [2.24, 2.45) is 0 Å². The number of para-hydroxylation sites is 1. The van der Waals surface area contributed by atoms with Crippen LogP contribution in [0.3, 0.4) is 0 Å². The Bertz CT molecular complexity index is 926. The van der Waals surface area contributed by atoms with Crippen molar-refractivity contribution in [3.8, 4) is 0 Å². The molecule has 2 heterocycles. The number of imide groups is 1. The first-order valence-electron chi connectivity index (χ1n) is 9.33. The summed E-state index contributed by atoms with van der Waals surface area (Å²) in [5.74, 6) is -0.338. The summed E-state index contributed by atoms with van der Waals surface area (Å²) in [5, 5.41) is 1.28. The smallest absolute Gasteiger partial charge is 0.251 e. The van der Waals surface area contributed by atoms with Crippen LogP contribution in [0.1, 0.15) is 12.0 Å². The number of hydrogen-bond acceptors (Lipinski definition) is 4. The maximum Gasteiger partial charge on any atom is 0.251 e. The zero-order valence-corrected chi connectivity index (χ0v) is 17.1. The van der Waals surface area contributed by atoms with Crippen LogP contribution in [0.15, 0.2) is 42.5 Å². The molecule has 2 saturated heterocycles. The van der Waals surface area contributed by atoms with Gasteiger partial charge in [0.2, 0.25) is 5.91 Å². The lowest BCUT2D eigenvalue weighted by Gasteiger charge is -2.38. The van der Waals surface area contributed by atoms with Gasteiger partial charge in [-0.2, -0.15) is 0 Å². The topological polar surface area (TPSA) is 43.9 Å². The molecule has 28 heavy (non-hydrogen) atoms. The minimum Gasteiger partial charge on any atom is -0.368 e. The second-order valence-electron chi connectivity index (χ2n) is 7.15. The molecular formula is C21H21Cl2N3O2. The molecule has 0 saturated carbocycles. The molecule has 2 aliphatic rings. The lowest BCUT2D eigenvalue weighted by Crippen LogP contribution is -2.52. The molecule has 2 fully saturated rings. The van der Waals surface area contributed by atoms with E-state index in [1.807, 2.05) is 31.2 Å². The highest BCUT2D eigenvalue weighted by atomic mass is 35.5. The quantitative estimate of drug-likeness (QED) is 0.713. The van der Waals surface area contributed by atoms with Crippen molar-refractivity contribution in [3.05, 3.63) is 58.1 Å². The molecule has 0 aromatic heterocycles. The Balaban J connectivity index is 1.48. The molecular weight excluding hydrogens is 397 g/mol. The molecule has 5 nitrogen and oxygen atoms in total. The maximum absolute atomic E-state index is 13.1. The van der Waals surface area contributed by atoms with Crippen LogP contribution < -0.4 is 9.80 Å². The fourth-order valence-corrected chi connectivity index (χ4v) is 4.40. The fourth-order valence-electron chi connectivity index (χ4n) is 3.98. The molecule has 4 rings (SSSR count). The van der Waals surface area contributed by atoms with Crippen LogP contribution in [0, 0.1) is 6.92 Å². The van der Waals surface area contributed by atoms with Gasteiger partial charge in [0.1, 0.15) is 0 Å². The van der Waals surface area contributed by atoms with E-state index in [1.54, 1.807) is 18.2 Å². The zero-order chi connectivity index (χ0) is 19.8. The lowest BCUT2D eigenvalue weighted by molar-refractivity contribution is -0.123. The van der Waals surface area contributed by atoms with Gasteiger partial charge < -0.3 is 4.90 Å². The molecule has 0 radical (unpaired) electrons. The summed E-state index contributed by atoms with van der Waals surface area (Å²) in [6.07, 6.45) is 0.205. The van der Waals surface area contributed by atoms with E-state index in [0.717, 1.165) is 29.4 Å². The largest absolute Gasteiger partial charge is 0.368 e. The normalized spacial score (nSPS) is 20.9. The number of piperazine rings is 1. The summed E-state index contributed by atoms with van der Waals surface area (Å²) in [5.41, 5.74) is 2.34. The van der Waals surface area contributed by atoms with Gasteiger partial charge in [0.25, 0.3) is 5.91 Å². The molecule has 0 unspecified atom stereocenters. The van der Waals surface area contributed by atoms with Crippen molar-refractivity contribution in [1.82, 2.24) is 4.90 Å². The first-order chi connectivity index (χ1) is 13.5. The molecule has 2 aliphatic heterocycles. The average Bonchev–Trinajstić information content (AvgIpc) is 2.99. The van der Waals surface area contributed by atoms with Gasteiger partial charge in [-0.25, -0.2) is 4.90 Å². The van der Waals surface area contributed by atoms with Gasteiger partial charge in [0.05, 0.1) is 28.9 Å². The van der Waals surface area contributed by atoms with Crippen molar-refractivity contribution < 1.29 is 9.59 Å². The second-order valence-corrected chi connectivity index (χ2v) is 7.96. The molecule has 2 aromatic carbocycles. The number of hydrogen-bond donors (Lipinski definition) is 0. The molecule has 0 bridgehead atoms. The zero-order valence-electron chi connectivity index (χ0n) is 15.6. The van der Waals surface area contributed by atoms with E-state index in [2.05, 4.69) is 9.80 Å². The van der Waals surface area contributed by atoms with Crippen LogP contribution in [0.25, 0.3) is 0 Å². The van der Waals surface area contributed by atoms with Gasteiger partial charge in [-0.3, -0.25) is 14.5 Å². The maximum atomic E-state index is 13.1. The Hall–Kier alpha value is -2.08. The van der Waals surface area contributed by atoms with Gasteiger partial charge in [0.15, 0.2) is 0 Å².